The van der Waals surface area contributed by atoms with Gasteiger partial charge in [0.05, 0.1) is 34.9 Å². The second-order valence-electron chi connectivity index (χ2n) is 7.39. The van der Waals surface area contributed by atoms with Crippen LogP contribution in [-0.2, 0) is 4.74 Å². The van der Waals surface area contributed by atoms with Crippen LogP contribution in [0.4, 0.5) is 4.79 Å². The molecule has 1 aliphatic heterocycles. The zero-order valence-corrected chi connectivity index (χ0v) is 16.0. The Labute approximate surface area is 158 Å². The smallest absolute Gasteiger partial charge is 0.407 e. The van der Waals surface area contributed by atoms with Gasteiger partial charge in [-0.15, -0.1) is 0 Å². The quantitative estimate of drug-likeness (QED) is 0.779. The number of amides is 1. The molecule has 3 atom stereocenters. The Morgan fingerprint density at radius 2 is 2.04 bits per heavy atom. The summed E-state index contributed by atoms with van der Waals surface area (Å²) in [6.07, 6.45) is -1.56. The van der Waals surface area contributed by atoms with Gasteiger partial charge in [0.15, 0.2) is 0 Å². The zero-order chi connectivity index (χ0) is 18.8. The number of ether oxygens (including phenoxy) is 1. The summed E-state index contributed by atoms with van der Waals surface area (Å²) in [5.41, 5.74) is 0.542. The van der Waals surface area contributed by atoms with Crippen LogP contribution in [0.15, 0.2) is 18.2 Å². The van der Waals surface area contributed by atoms with Crippen molar-refractivity contribution in [3.05, 3.63) is 33.8 Å². The third kappa shape index (κ3) is 4.78. The molecule has 1 N–H and O–H groups in total. The maximum Gasteiger partial charge on any atom is 0.407 e. The second kappa shape index (κ2) is 7.82. The second-order valence-corrected chi connectivity index (χ2v) is 8.21. The highest BCUT2D eigenvalue weighted by molar-refractivity contribution is 6.42. The van der Waals surface area contributed by atoms with E-state index < -0.39 is 12.2 Å². The molecule has 0 bridgehead atoms. The fraction of sp³-hybridized carbons (Fsp3) is 0.556. The average molecular weight is 385 g/mol. The fourth-order valence-electron chi connectivity index (χ4n) is 2.95. The topological polar surface area (TPSA) is 73.6 Å². The van der Waals surface area contributed by atoms with Crippen LogP contribution in [0.2, 0.25) is 10.0 Å². The molecule has 7 heteroatoms. The van der Waals surface area contributed by atoms with Crippen molar-refractivity contribution in [3.63, 3.8) is 0 Å². The Morgan fingerprint density at radius 3 is 2.56 bits per heavy atom. The lowest BCUT2D eigenvalue weighted by Gasteiger charge is -2.34. The van der Waals surface area contributed by atoms with Gasteiger partial charge in [0, 0.05) is 18.9 Å². The van der Waals surface area contributed by atoms with Crippen LogP contribution in [0.3, 0.4) is 0 Å². The van der Waals surface area contributed by atoms with Gasteiger partial charge in [-0.25, -0.2) is 4.79 Å². The number of carboxylic acid groups (broad SMARTS) is 1. The third-order valence-corrected chi connectivity index (χ3v) is 5.18. The molecule has 1 saturated heterocycles. The van der Waals surface area contributed by atoms with Gasteiger partial charge >= 0.3 is 6.09 Å². The molecule has 1 aliphatic rings. The molecule has 1 aromatic rings. The van der Waals surface area contributed by atoms with Gasteiger partial charge in [0.1, 0.15) is 0 Å². The molecule has 1 fully saturated rings. The molecule has 1 unspecified atom stereocenters. The summed E-state index contributed by atoms with van der Waals surface area (Å²) in [7, 11) is 0. The van der Waals surface area contributed by atoms with Crippen LogP contribution in [0.5, 0.6) is 0 Å². The van der Waals surface area contributed by atoms with Gasteiger partial charge in [-0.05, 0) is 23.1 Å². The van der Waals surface area contributed by atoms with Crippen LogP contribution in [0, 0.1) is 22.7 Å². The van der Waals surface area contributed by atoms with E-state index in [9.17, 15) is 15.2 Å². The molecule has 0 aromatic heterocycles. The van der Waals surface area contributed by atoms with E-state index in [1.807, 2.05) is 26.8 Å². The van der Waals surface area contributed by atoms with Crippen LogP contribution >= 0.6 is 23.2 Å². The summed E-state index contributed by atoms with van der Waals surface area (Å²) in [6, 6.07) is 7.39. The van der Waals surface area contributed by atoms with Gasteiger partial charge in [0.2, 0.25) is 0 Å². The van der Waals surface area contributed by atoms with Crippen molar-refractivity contribution in [2.75, 3.05) is 13.1 Å². The first-order valence-electron chi connectivity index (χ1n) is 8.08. The highest BCUT2D eigenvalue weighted by Crippen LogP contribution is 2.39. The SMILES string of the molecule is CC(C)(C)C1CN(C(=O)O)C[C@@H](CC#N)[C@H](c2ccc(Cl)c(Cl)c2)O1. The molecular weight excluding hydrogens is 363 g/mol. The Hall–Kier alpha value is -1.48. The maximum atomic E-state index is 11.6. The van der Waals surface area contributed by atoms with Gasteiger partial charge in [-0.1, -0.05) is 50.0 Å². The van der Waals surface area contributed by atoms with Crippen LogP contribution in [0.25, 0.3) is 0 Å². The lowest BCUT2D eigenvalue weighted by Crippen LogP contribution is -2.42. The first-order chi connectivity index (χ1) is 11.6. The van der Waals surface area contributed by atoms with Crippen LogP contribution < -0.4 is 0 Å². The summed E-state index contributed by atoms with van der Waals surface area (Å²) in [5, 5.41) is 19.6. The minimum atomic E-state index is -1.00. The van der Waals surface area contributed by atoms with Gasteiger partial charge < -0.3 is 14.7 Å². The van der Waals surface area contributed by atoms with E-state index in [0.29, 0.717) is 10.0 Å². The van der Waals surface area contributed by atoms with E-state index >= 15 is 0 Å². The number of halogens is 2. The highest BCUT2D eigenvalue weighted by atomic mass is 35.5. The fourth-order valence-corrected chi connectivity index (χ4v) is 3.25. The lowest BCUT2D eigenvalue weighted by molar-refractivity contribution is -0.0763. The van der Waals surface area contributed by atoms with Gasteiger partial charge in [-0.2, -0.15) is 5.26 Å². The molecule has 5 nitrogen and oxygen atoms in total. The monoisotopic (exact) mass is 384 g/mol. The van der Waals surface area contributed by atoms with E-state index in [1.54, 1.807) is 12.1 Å². The lowest BCUT2D eigenvalue weighted by atomic mass is 9.88. The molecule has 0 radical (unpaired) electrons. The zero-order valence-electron chi connectivity index (χ0n) is 14.5. The maximum absolute atomic E-state index is 11.6. The van der Waals surface area contributed by atoms with Gasteiger partial charge in [0.25, 0.3) is 0 Å². The molecule has 2 rings (SSSR count). The van der Waals surface area contributed by atoms with Crippen molar-refractivity contribution in [1.82, 2.24) is 4.90 Å². The molecule has 25 heavy (non-hydrogen) atoms. The van der Waals surface area contributed by atoms with E-state index in [2.05, 4.69) is 6.07 Å². The number of nitriles is 1. The Kier molecular flexibility index (Phi) is 6.21. The molecule has 0 aliphatic carbocycles. The summed E-state index contributed by atoms with van der Waals surface area (Å²) < 4.78 is 6.34. The number of hydrogen-bond donors (Lipinski definition) is 1. The van der Waals surface area contributed by atoms with Crippen molar-refractivity contribution < 1.29 is 14.6 Å². The van der Waals surface area contributed by atoms with Gasteiger partial charge in [-0.3, -0.25) is 0 Å². The third-order valence-electron chi connectivity index (χ3n) is 4.44. The molecule has 1 heterocycles. The van der Waals surface area contributed by atoms with E-state index in [4.69, 9.17) is 27.9 Å². The summed E-state index contributed by atoms with van der Waals surface area (Å²) >= 11 is 12.2. The van der Waals surface area contributed by atoms with Crippen LogP contribution in [0.1, 0.15) is 38.9 Å². The molecule has 0 spiro atoms. The molecule has 136 valence electrons. The van der Waals surface area contributed by atoms with E-state index in [1.165, 1.54) is 4.90 Å². The summed E-state index contributed by atoms with van der Waals surface area (Å²) in [5.74, 6) is -0.286. The number of benzene rings is 1. The molecule has 0 saturated carbocycles. The number of nitrogens with zero attached hydrogens (tertiary/aromatic N) is 2. The molecule has 1 amide bonds. The van der Waals surface area contributed by atoms with Crippen molar-refractivity contribution in [1.29, 1.82) is 5.26 Å². The van der Waals surface area contributed by atoms with Crippen molar-refractivity contribution in [2.45, 2.75) is 39.4 Å². The number of rotatable bonds is 2. The van der Waals surface area contributed by atoms with Crippen molar-refractivity contribution >= 4 is 29.3 Å². The minimum Gasteiger partial charge on any atom is -0.465 e. The van der Waals surface area contributed by atoms with Crippen LogP contribution in [-0.4, -0.2) is 35.3 Å². The number of carbonyl (C=O) groups is 1. The summed E-state index contributed by atoms with van der Waals surface area (Å²) in [4.78, 5) is 13.0. The number of hydrogen-bond acceptors (Lipinski definition) is 3. The highest BCUT2D eigenvalue weighted by Gasteiger charge is 2.39. The standard InChI is InChI=1S/C18H22Cl2N2O3/c1-18(2,3)15-10-22(17(23)24)9-12(6-7-21)16(25-15)11-4-5-13(19)14(20)8-11/h4-5,8,12,15-16H,6,9-10H2,1-3H3,(H,23,24)/t12-,15?,16+/m1/s1. The first kappa shape index (κ1) is 19.8. The summed E-state index contributed by atoms with van der Waals surface area (Å²) in [6.45, 7) is 6.52. The van der Waals surface area contributed by atoms with E-state index in [0.717, 1.165) is 5.56 Å². The predicted octanol–water partition coefficient (Wildman–Crippen LogP) is 4.99. The molecule has 1 aromatic carbocycles. The Morgan fingerprint density at radius 1 is 1.36 bits per heavy atom. The first-order valence-corrected chi connectivity index (χ1v) is 8.84. The Bertz CT molecular complexity index is 682. The largest absolute Gasteiger partial charge is 0.465 e. The normalized spacial score (nSPS) is 24.5. The van der Waals surface area contributed by atoms with E-state index in [-0.39, 0.29) is 36.9 Å². The minimum absolute atomic E-state index is 0.186. The van der Waals surface area contributed by atoms with Crippen molar-refractivity contribution in [3.8, 4) is 6.07 Å². The Balaban J connectivity index is 2.46. The predicted molar refractivity (Wildman–Crippen MR) is 96.8 cm³/mol. The van der Waals surface area contributed by atoms with Crippen molar-refractivity contribution in [2.24, 2.45) is 11.3 Å². The molecular formula is C18H22Cl2N2O3. The average Bonchev–Trinajstić information content (AvgIpc) is 2.70.